The van der Waals surface area contributed by atoms with Crippen molar-refractivity contribution in [3.63, 3.8) is 0 Å². The van der Waals surface area contributed by atoms with E-state index in [1.807, 2.05) is 12.4 Å². The third-order valence-electron chi connectivity index (χ3n) is 5.48. The zero-order valence-electron chi connectivity index (χ0n) is 15.3. The van der Waals surface area contributed by atoms with Gasteiger partial charge in [0.2, 0.25) is 0 Å². The number of pyridine rings is 1. The Morgan fingerprint density at radius 1 is 1.28 bits per heavy atom. The van der Waals surface area contributed by atoms with Gasteiger partial charge in [-0.3, -0.25) is 4.98 Å². The van der Waals surface area contributed by atoms with Gasteiger partial charge in [0.25, 0.3) is 0 Å². The van der Waals surface area contributed by atoms with Crippen molar-refractivity contribution in [3.8, 4) is 0 Å². The zero-order valence-corrected chi connectivity index (χ0v) is 15.3. The summed E-state index contributed by atoms with van der Waals surface area (Å²) >= 11 is 0. The molecule has 0 N–H and O–H groups in total. The van der Waals surface area contributed by atoms with Crippen molar-refractivity contribution < 1.29 is 4.79 Å². The molecule has 1 aliphatic rings. The van der Waals surface area contributed by atoms with Crippen LogP contribution in [0.3, 0.4) is 0 Å². The predicted molar refractivity (Wildman–Crippen MR) is 103 cm³/mol. The molecule has 1 fully saturated rings. The monoisotopic (exact) mass is 336 g/mol. The van der Waals surface area contributed by atoms with Crippen LogP contribution in [0.2, 0.25) is 0 Å². The lowest BCUT2D eigenvalue weighted by molar-refractivity contribution is -0.111. The molecule has 1 aromatic heterocycles. The molecule has 0 radical (unpaired) electrons. The van der Waals surface area contributed by atoms with E-state index in [2.05, 4.69) is 54.1 Å². The van der Waals surface area contributed by atoms with Gasteiger partial charge < -0.3 is 9.69 Å². The van der Waals surface area contributed by atoms with Gasteiger partial charge in [0.15, 0.2) is 0 Å². The molecule has 132 valence electrons. The van der Waals surface area contributed by atoms with Crippen molar-refractivity contribution in [1.29, 1.82) is 0 Å². The first-order valence-electron chi connectivity index (χ1n) is 9.38. The third kappa shape index (κ3) is 4.47. The molecule has 0 bridgehead atoms. The normalized spacial score (nSPS) is 18.3. The molecule has 0 spiro atoms. The number of carbonyl (C=O) groups is 1. The first kappa shape index (κ1) is 17.7. The number of hydrogen-bond donors (Lipinski definition) is 0. The van der Waals surface area contributed by atoms with Crippen LogP contribution < -0.4 is 4.90 Å². The molecule has 0 amide bonds. The number of rotatable bonds is 7. The van der Waals surface area contributed by atoms with Crippen LogP contribution in [0.15, 0.2) is 42.7 Å². The zero-order chi connectivity index (χ0) is 17.6. The van der Waals surface area contributed by atoms with Gasteiger partial charge in [0.05, 0.1) is 0 Å². The first-order valence-corrected chi connectivity index (χ1v) is 9.38. The smallest absolute Gasteiger partial charge is 0.123 e. The number of nitrogens with zero attached hydrogens (tertiary/aromatic N) is 2. The highest BCUT2D eigenvalue weighted by Gasteiger charge is 2.24. The van der Waals surface area contributed by atoms with Crippen molar-refractivity contribution in [2.75, 3.05) is 18.0 Å². The van der Waals surface area contributed by atoms with Crippen LogP contribution in [0.1, 0.15) is 42.9 Å². The highest BCUT2D eigenvalue weighted by Crippen LogP contribution is 2.28. The minimum Gasteiger partial charge on any atom is -0.371 e. The van der Waals surface area contributed by atoms with Crippen LogP contribution in [-0.4, -0.2) is 24.4 Å². The fourth-order valence-corrected chi connectivity index (χ4v) is 3.73. The molecule has 1 aromatic carbocycles. The van der Waals surface area contributed by atoms with Gasteiger partial charge in [0.1, 0.15) is 6.29 Å². The fourth-order valence-electron chi connectivity index (χ4n) is 3.73. The van der Waals surface area contributed by atoms with Gasteiger partial charge in [-0.25, -0.2) is 0 Å². The van der Waals surface area contributed by atoms with Gasteiger partial charge in [-0.05, 0) is 73.4 Å². The summed E-state index contributed by atoms with van der Waals surface area (Å²) in [6.07, 6.45) is 9.07. The van der Waals surface area contributed by atoms with Gasteiger partial charge in [-0.1, -0.05) is 19.1 Å². The largest absolute Gasteiger partial charge is 0.371 e. The second-order valence-corrected chi connectivity index (χ2v) is 7.29. The van der Waals surface area contributed by atoms with Crippen LogP contribution in [0.5, 0.6) is 0 Å². The van der Waals surface area contributed by atoms with Gasteiger partial charge in [-0.15, -0.1) is 0 Å². The Balaban J connectivity index is 1.59. The van der Waals surface area contributed by atoms with Crippen LogP contribution >= 0.6 is 0 Å². The van der Waals surface area contributed by atoms with Crippen LogP contribution in [0, 0.1) is 18.8 Å². The van der Waals surface area contributed by atoms with E-state index in [1.54, 1.807) is 0 Å². The molecule has 1 aliphatic heterocycles. The number of aryl methyl sites for hydroxylation is 1. The summed E-state index contributed by atoms with van der Waals surface area (Å²) in [6, 6.07) is 11.0. The van der Waals surface area contributed by atoms with Gasteiger partial charge >= 0.3 is 0 Å². The summed E-state index contributed by atoms with van der Waals surface area (Å²) in [5.41, 5.74) is 5.20. The Labute approximate surface area is 151 Å². The van der Waals surface area contributed by atoms with E-state index < -0.39 is 0 Å². The lowest BCUT2D eigenvalue weighted by Gasteiger charge is -2.20. The van der Waals surface area contributed by atoms with Gasteiger partial charge in [0, 0.05) is 37.1 Å². The summed E-state index contributed by atoms with van der Waals surface area (Å²) in [4.78, 5) is 17.8. The van der Waals surface area contributed by atoms with E-state index in [1.165, 1.54) is 28.8 Å². The van der Waals surface area contributed by atoms with Crippen molar-refractivity contribution >= 4 is 12.0 Å². The second kappa shape index (κ2) is 8.28. The average molecular weight is 336 g/mol. The Bertz CT molecular complexity index is 695. The first-order chi connectivity index (χ1) is 12.2. The molecule has 0 aliphatic carbocycles. The molecule has 2 aromatic rings. The summed E-state index contributed by atoms with van der Waals surface area (Å²) in [5, 5.41) is 0. The summed E-state index contributed by atoms with van der Waals surface area (Å²) in [7, 11) is 0. The van der Waals surface area contributed by atoms with E-state index in [-0.39, 0.29) is 5.92 Å². The van der Waals surface area contributed by atoms with Crippen molar-refractivity contribution in [1.82, 2.24) is 4.98 Å². The van der Waals surface area contributed by atoms with Crippen LogP contribution in [0.4, 0.5) is 5.69 Å². The molecule has 2 unspecified atom stereocenters. The molecular formula is C22H28N2O. The number of hydrogen-bond acceptors (Lipinski definition) is 3. The maximum atomic E-state index is 11.1. The molecule has 1 saturated heterocycles. The summed E-state index contributed by atoms with van der Waals surface area (Å²) < 4.78 is 0. The van der Waals surface area contributed by atoms with E-state index in [4.69, 9.17) is 0 Å². The van der Waals surface area contributed by atoms with E-state index >= 15 is 0 Å². The number of anilines is 1. The number of aldehydes is 1. The van der Waals surface area contributed by atoms with Crippen molar-refractivity contribution in [2.45, 2.75) is 39.5 Å². The maximum Gasteiger partial charge on any atom is 0.123 e. The Morgan fingerprint density at radius 2 is 2.08 bits per heavy atom. The predicted octanol–water partition coefficient (Wildman–Crippen LogP) is 4.42. The highest BCUT2D eigenvalue weighted by atomic mass is 16.1. The molecule has 0 saturated carbocycles. The number of aromatic nitrogens is 1. The van der Waals surface area contributed by atoms with Gasteiger partial charge in [-0.2, -0.15) is 0 Å². The molecule has 2 heterocycles. The molecule has 25 heavy (non-hydrogen) atoms. The molecular weight excluding hydrogens is 308 g/mol. The Hall–Kier alpha value is -2.16. The van der Waals surface area contributed by atoms with E-state index in [0.717, 1.165) is 38.6 Å². The Kier molecular flexibility index (Phi) is 5.85. The number of carbonyl (C=O) groups excluding carboxylic acids is 1. The lowest BCUT2D eigenvalue weighted by atomic mass is 9.93. The van der Waals surface area contributed by atoms with Crippen LogP contribution in [0.25, 0.3) is 0 Å². The van der Waals surface area contributed by atoms with E-state index in [9.17, 15) is 4.79 Å². The Morgan fingerprint density at radius 3 is 2.76 bits per heavy atom. The lowest BCUT2D eigenvalue weighted by Crippen LogP contribution is -2.20. The molecule has 3 heteroatoms. The minimum absolute atomic E-state index is 0.232. The summed E-state index contributed by atoms with van der Waals surface area (Å²) in [6.45, 7) is 6.42. The topological polar surface area (TPSA) is 33.2 Å². The van der Waals surface area contributed by atoms with Crippen molar-refractivity contribution in [3.05, 3.63) is 59.4 Å². The molecule has 3 rings (SSSR count). The maximum absolute atomic E-state index is 11.1. The second-order valence-electron chi connectivity index (χ2n) is 7.29. The fraction of sp³-hybridized carbons (Fsp3) is 0.455. The van der Waals surface area contributed by atoms with E-state index in [0.29, 0.717) is 5.92 Å². The average Bonchev–Trinajstić information content (AvgIpc) is 3.11. The molecule has 2 atom stereocenters. The standard InChI is InChI=1S/C22H28N2O/c1-3-18(16-25)12-20-9-11-24(15-20)22-6-4-19(5-7-22)13-21-14-23-10-8-17(21)2/h4-8,10,14,16,18,20H,3,9,11-13,15H2,1-2H3. The van der Waals surface area contributed by atoms with Crippen molar-refractivity contribution in [2.24, 2.45) is 11.8 Å². The quantitative estimate of drug-likeness (QED) is 0.702. The third-order valence-corrected chi connectivity index (χ3v) is 5.48. The summed E-state index contributed by atoms with van der Waals surface area (Å²) in [5.74, 6) is 0.878. The molecule has 3 nitrogen and oxygen atoms in total. The minimum atomic E-state index is 0.232. The van der Waals surface area contributed by atoms with Crippen LogP contribution in [-0.2, 0) is 11.2 Å². The SMILES string of the molecule is CCC(C=O)CC1CCN(c2ccc(Cc3cnccc3C)cc2)C1. The highest BCUT2D eigenvalue weighted by molar-refractivity contribution is 5.53. The number of benzene rings is 1.